The lowest BCUT2D eigenvalue weighted by molar-refractivity contribution is -0.197. The summed E-state index contributed by atoms with van der Waals surface area (Å²) in [5, 5.41) is 7.54. The van der Waals surface area contributed by atoms with Gasteiger partial charge in [0.05, 0.1) is 42.7 Å². The van der Waals surface area contributed by atoms with Crippen molar-refractivity contribution in [3.8, 4) is 0 Å². The van der Waals surface area contributed by atoms with Crippen LogP contribution in [0.3, 0.4) is 0 Å². The van der Waals surface area contributed by atoms with Gasteiger partial charge >= 0.3 is 11.9 Å². The van der Waals surface area contributed by atoms with E-state index in [0.29, 0.717) is 56.7 Å². The van der Waals surface area contributed by atoms with Crippen molar-refractivity contribution in [2.75, 3.05) is 41.4 Å². The third-order valence-corrected chi connectivity index (χ3v) is 15.4. The predicted molar refractivity (Wildman–Crippen MR) is 290 cm³/mol. The molecule has 2 aromatic carbocycles. The van der Waals surface area contributed by atoms with Gasteiger partial charge in [0.2, 0.25) is 23.6 Å². The first-order valence-corrected chi connectivity index (χ1v) is 27.5. The molecule has 77 heavy (non-hydrogen) atoms. The zero-order valence-electron chi connectivity index (χ0n) is 47.2. The van der Waals surface area contributed by atoms with E-state index >= 15 is 0 Å². The summed E-state index contributed by atoms with van der Waals surface area (Å²) in [7, 11) is 6.60. The Morgan fingerprint density at radius 3 is 2.13 bits per heavy atom. The molecule has 2 saturated heterocycles. The number of unbranched alkanes of at least 4 members (excludes halogenated alkanes) is 2. The van der Waals surface area contributed by atoms with Gasteiger partial charge in [-0.3, -0.25) is 33.7 Å². The van der Waals surface area contributed by atoms with Crippen LogP contribution in [0.25, 0.3) is 10.9 Å². The largest absolute Gasteiger partial charge is 0.459 e. The van der Waals surface area contributed by atoms with Gasteiger partial charge in [0.1, 0.15) is 18.7 Å². The maximum absolute atomic E-state index is 14.7. The summed E-state index contributed by atoms with van der Waals surface area (Å²) in [4.78, 5) is 121. The van der Waals surface area contributed by atoms with Crippen molar-refractivity contribution < 1.29 is 57.4 Å². The smallest absolute Gasteiger partial charge is 0.333 e. The number of likely N-dealkylation sites (N-methyl/N-ethyl adjacent to an activating group) is 2. The number of para-hydroxylation sites is 1. The Bertz CT molecular complexity index is 2450. The second-order valence-corrected chi connectivity index (χ2v) is 21.6. The molecule has 19 nitrogen and oxygen atoms in total. The number of amides is 6. The zero-order chi connectivity index (χ0) is 56.5. The highest BCUT2D eigenvalue weighted by molar-refractivity contribution is 6.01. The fourth-order valence-corrected chi connectivity index (χ4v) is 10.9. The number of hydroxylamine groups is 2. The SMILES string of the molecule is CCC(C)C(C(CC(=O)N1CCC[C@H]1C(OC)C(C)C(=O)NC(Cc1c[nH]c2ccccc12)C(=O)OCc1ccccc1)OC)N(C)C(=O)C(NC(=O)C(C(C)C)N(C)CCCCCC(=O)ON1C(=O)CCC1=O)C(C)C. The van der Waals surface area contributed by atoms with Crippen LogP contribution in [0.2, 0.25) is 0 Å². The number of esters is 1. The number of aromatic nitrogens is 1. The lowest BCUT2D eigenvalue weighted by Crippen LogP contribution is -2.60. The van der Waals surface area contributed by atoms with Gasteiger partial charge in [-0.05, 0) is 74.2 Å². The molecule has 6 amide bonds. The van der Waals surface area contributed by atoms with E-state index in [2.05, 4.69) is 15.6 Å². The monoisotopic (exact) mass is 1070 g/mol. The topological polar surface area (TPSA) is 226 Å². The van der Waals surface area contributed by atoms with Gasteiger partial charge in [0, 0.05) is 70.6 Å². The molecular formula is C58H85N7O12. The van der Waals surface area contributed by atoms with E-state index in [1.807, 2.05) is 114 Å². The molecule has 2 aliphatic heterocycles. The van der Waals surface area contributed by atoms with Crippen LogP contribution >= 0.6 is 0 Å². The summed E-state index contributed by atoms with van der Waals surface area (Å²) in [5.74, 6) is -4.83. The summed E-state index contributed by atoms with van der Waals surface area (Å²) in [6, 6.07) is 13.5. The summed E-state index contributed by atoms with van der Waals surface area (Å²) in [5.41, 5.74) is 2.56. The maximum atomic E-state index is 14.7. The van der Waals surface area contributed by atoms with Gasteiger partial charge in [-0.1, -0.05) is 110 Å². The third-order valence-electron chi connectivity index (χ3n) is 15.4. The van der Waals surface area contributed by atoms with E-state index < -0.39 is 78.0 Å². The lowest BCUT2D eigenvalue weighted by Gasteiger charge is -2.41. The van der Waals surface area contributed by atoms with Crippen molar-refractivity contribution in [1.82, 2.24) is 35.4 Å². The highest BCUT2D eigenvalue weighted by Gasteiger charge is 2.44. The van der Waals surface area contributed by atoms with Crippen molar-refractivity contribution in [2.45, 2.75) is 168 Å². The number of benzene rings is 2. The number of imide groups is 1. The molecule has 0 saturated carbocycles. The van der Waals surface area contributed by atoms with Crippen molar-refractivity contribution in [2.24, 2.45) is 23.7 Å². The Hall–Kier alpha value is -6.18. The normalized spacial score (nSPS) is 18.0. The predicted octanol–water partition coefficient (Wildman–Crippen LogP) is 6.12. The van der Waals surface area contributed by atoms with E-state index in [4.69, 9.17) is 19.0 Å². The van der Waals surface area contributed by atoms with Gasteiger partial charge in [0.25, 0.3) is 11.8 Å². The number of ether oxygens (including phenoxy) is 3. The average Bonchev–Trinajstić information content (AvgIpc) is 4.15. The number of rotatable bonds is 30. The molecule has 424 valence electrons. The quantitative estimate of drug-likeness (QED) is 0.0389. The molecule has 9 atom stereocenters. The first kappa shape index (κ1) is 61.7. The molecule has 0 radical (unpaired) electrons. The third kappa shape index (κ3) is 16.4. The molecule has 2 aliphatic rings. The van der Waals surface area contributed by atoms with E-state index in [1.165, 1.54) is 14.2 Å². The van der Waals surface area contributed by atoms with Crippen LogP contribution in [-0.2, 0) is 70.4 Å². The number of carbonyl (C=O) groups is 8. The highest BCUT2D eigenvalue weighted by Crippen LogP contribution is 2.30. The standard InChI is InChI=1S/C58H85N7O12/c1-12-38(6)53(63(9)57(72)51(36(2)3)61-56(71)52(37(4)5)62(8)30-20-14-17-27-50(69)77-65-47(66)28-29-48(65)67)46(74-10)33-49(68)64-31-21-26-45(64)54(75-11)39(7)55(70)60-44(58(73)76-35-40-22-15-13-16-23-40)32-41-34-59-43-25-19-18-24-42(41)43/h13,15-16,18-19,22-25,34,36-39,44-46,51-54,59H,12,14,17,20-21,26-33,35H2,1-11H3,(H,60,70)(H,61,71)/t38?,39?,44?,45-,46?,51?,52?,53?,54?/m0/s1. The molecule has 5 rings (SSSR count). The minimum Gasteiger partial charge on any atom is -0.459 e. The van der Waals surface area contributed by atoms with Gasteiger partial charge in [-0.2, -0.15) is 0 Å². The molecule has 3 N–H and O–H groups in total. The summed E-state index contributed by atoms with van der Waals surface area (Å²) >= 11 is 0. The number of hydrogen-bond acceptors (Lipinski definition) is 13. The van der Waals surface area contributed by atoms with Crippen molar-refractivity contribution in [1.29, 1.82) is 0 Å². The number of nitrogens with one attached hydrogen (secondary N) is 3. The van der Waals surface area contributed by atoms with E-state index in [-0.39, 0.29) is 74.2 Å². The van der Waals surface area contributed by atoms with Crippen LogP contribution in [0.1, 0.15) is 124 Å². The van der Waals surface area contributed by atoms with Crippen LogP contribution in [-0.4, -0.2) is 156 Å². The molecule has 3 aromatic rings. The number of nitrogens with zero attached hydrogens (tertiary/aromatic N) is 4. The molecule has 0 aliphatic carbocycles. The van der Waals surface area contributed by atoms with Gasteiger partial charge < -0.3 is 44.5 Å². The number of H-pyrrole nitrogens is 1. The molecule has 1 aromatic heterocycles. The van der Waals surface area contributed by atoms with Crippen molar-refractivity contribution in [3.05, 3.63) is 71.9 Å². The minimum atomic E-state index is -1.02. The number of aromatic amines is 1. The van der Waals surface area contributed by atoms with Crippen LogP contribution in [0.5, 0.6) is 0 Å². The summed E-state index contributed by atoms with van der Waals surface area (Å²) in [6.07, 6.45) is 4.27. The van der Waals surface area contributed by atoms with Gasteiger partial charge in [-0.15, -0.1) is 5.06 Å². The van der Waals surface area contributed by atoms with Crippen LogP contribution in [0, 0.1) is 23.7 Å². The first-order valence-electron chi connectivity index (χ1n) is 27.5. The fraction of sp³-hybridized carbons (Fsp3) is 0.621. The molecule has 8 unspecified atom stereocenters. The zero-order valence-corrected chi connectivity index (χ0v) is 47.2. The van der Waals surface area contributed by atoms with Crippen molar-refractivity contribution >= 4 is 58.3 Å². The van der Waals surface area contributed by atoms with Crippen LogP contribution in [0.15, 0.2) is 60.8 Å². The second-order valence-electron chi connectivity index (χ2n) is 21.6. The Morgan fingerprint density at radius 2 is 1.49 bits per heavy atom. The summed E-state index contributed by atoms with van der Waals surface area (Å²) in [6.45, 7) is 14.4. The van der Waals surface area contributed by atoms with Crippen molar-refractivity contribution in [3.63, 3.8) is 0 Å². The molecule has 3 heterocycles. The van der Waals surface area contributed by atoms with Gasteiger partial charge in [0.15, 0.2) is 0 Å². The number of methoxy groups -OCH3 is 2. The molecule has 2 fully saturated rings. The molecule has 0 spiro atoms. The van der Waals surface area contributed by atoms with Crippen LogP contribution < -0.4 is 10.6 Å². The van der Waals surface area contributed by atoms with E-state index in [0.717, 1.165) is 22.0 Å². The fourth-order valence-electron chi connectivity index (χ4n) is 10.9. The Balaban J connectivity index is 1.22. The molecule has 0 bridgehead atoms. The van der Waals surface area contributed by atoms with Crippen LogP contribution in [0.4, 0.5) is 0 Å². The Labute approximate surface area is 454 Å². The van der Waals surface area contributed by atoms with E-state index in [1.54, 1.807) is 23.8 Å². The second kappa shape index (κ2) is 29.5. The number of hydrogen-bond donors (Lipinski definition) is 3. The van der Waals surface area contributed by atoms with Gasteiger partial charge in [-0.25, -0.2) is 9.59 Å². The van der Waals surface area contributed by atoms with E-state index in [9.17, 15) is 38.4 Å². The molecule has 19 heteroatoms. The lowest BCUT2D eigenvalue weighted by atomic mass is 9.89. The summed E-state index contributed by atoms with van der Waals surface area (Å²) < 4.78 is 18.0. The first-order chi connectivity index (χ1) is 36.7. The number of fused-ring (bicyclic) bond motifs is 1. The Kier molecular flexibility index (Phi) is 23.7. The number of carbonyl (C=O) groups excluding carboxylic acids is 8. The Morgan fingerprint density at radius 1 is 0.818 bits per heavy atom. The maximum Gasteiger partial charge on any atom is 0.333 e. The number of likely N-dealkylation sites (tertiary alicyclic amines) is 1. The molecular weight excluding hydrogens is 987 g/mol. The average molecular weight is 1070 g/mol. The highest BCUT2D eigenvalue weighted by atomic mass is 16.7. The minimum absolute atomic E-state index is 0.0279.